The van der Waals surface area contributed by atoms with Gasteiger partial charge in [0.05, 0.1) is 10.6 Å². The highest BCUT2D eigenvalue weighted by Gasteiger charge is 2.49. The molecule has 42 heavy (non-hydrogen) atoms. The lowest BCUT2D eigenvalue weighted by atomic mass is 9.95. The molecule has 4 fully saturated rings. The Morgan fingerprint density at radius 3 is 2.71 bits per heavy atom. The molecule has 3 aromatic carbocycles. The summed E-state index contributed by atoms with van der Waals surface area (Å²) < 4.78 is 37.5. The summed E-state index contributed by atoms with van der Waals surface area (Å²) in [6, 6.07) is 13.2. The van der Waals surface area contributed by atoms with Crippen LogP contribution in [0.25, 0.3) is 32.8 Å². The average Bonchev–Trinajstić information content (AvgIpc) is 3.62. The van der Waals surface area contributed by atoms with Gasteiger partial charge in [0.2, 0.25) is 0 Å². The Hall–Kier alpha value is -3.27. The number of anilines is 1. The summed E-state index contributed by atoms with van der Waals surface area (Å²) in [5.41, 5.74) is 0.390. The largest absolute Gasteiger partial charge is 0.508 e. The minimum Gasteiger partial charge on any atom is -0.508 e. The Kier molecular flexibility index (Phi) is 6.21. The highest BCUT2D eigenvalue weighted by Crippen LogP contribution is 2.44. The van der Waals surface area contributed by atoms with Crippen molar-refractivity contribution in [1.29, 1.82) is 0 Å². The lowest BCUT2D eigenvalue weighted by molar-refractivity contribution is 0.107. The van der Waals surface area contributed by atoms with E-state index in [0.717, 1.165) is 56.1 Å². The van der Waals surface area contributed by atoms with Crippen molar-refractivity contribution in [2.45, 2.75) is 55.9 Å². The smallest absolute Gasteiger partial charge is 0.319 e. The lowest BCUT2D eigenvalue weighted by Crippen LogP contribution is -2.51. The first-order valence-electron chi connectivity index (χ1n) is 14.8. The number of hydrogen-bond acceptors (Lipinski definition) is 7. The number of phenols is 1. The predicted molar refractivity (Wildman–Crippen MR) is 160 cm³/mol. The van der Waals surface area contributed by atoms with Crippen LogP contribution in [0.1, 0.15) is 32.1 Å². The van der Waals surface area contributed by atoms with Crippen LogP contribution in [-0.4, -0.2) is 76.6 Å². The van der Waals surface area contributed by atoms with Gasteiger partial charge in [-0.05, 0) is 66.8 Å². The van der Waals surface area contributed by atoms with Crippen molar-refractivity contribution < 1.29 is 18.6 Å². The third kappa shape index (κ3) is 4.28. The molecule has 2 unspecified atom stereocenters. The number of alkyl halides is 1. The molecule has 2 N–H and O–H groups in total. The van der Waals surface area contributed by atoms with Crippen molar-refractivity contribution in [3.05, 3.63) is 53.3 Å². The Morgan fingerprint density at radius 1 is 1.07 bits per heavy atom. The van der Waals surface area contributed by atoms with Crippen molar-refractivity contribution in [3.63, 3.8) is 0 Å². The summed E-state index contributed by atoms with van der Waals surface area (Å²) in [7, 11) is 0. The number of nitrogens with zero attached hydrogens (tertiary/aromatic N) is 4. The molecule has 218 valence electrons. The Balaban J connectivity index is 1.27. The van der Waals surface area contributed by atoms with E-state index in [4.69, 9.17) is 21.3 Å². The predicted octanol–water partition coefficient (Wildman–Crippen LogP) is 5.84. The first-order valence-corrected chi connectivity index (χ1v) is 15.2. The maximum absolute atomic E-state index is 16.8. The van der Waals surface area contributed by atoms with E-state index in [1.165, 1.54) is 6.07 Å². The molecule has 7 nitrogen and oxygen atoms in total. The zero-order valence-corrected chi connectivity index (χ0v) is 23.9. The maximum Gasteiger partial charge on any atom is 0.319 e. The normalized spacial score (nSPS) is 27.3. The van der Waals surface area contributed by atoms with Crippen molar-refractivity contribution >= 4 is 39.1 Å². The maximum atomic E-state index is 16.8. The van der Waals surface area contributed by atoms with Crippen molar-refractivity contribution in [2.24, 2.45) is 0 Å². The molecule has 1 aromatic heterocycles. The number of halogens is 3. The minimum absolute atomic E-state index is 0.0195. The van der Waals surface area contributed by atoms with Crippen LogP contribution >= 0.6 is 11.6 Å². The molecule has 0 aliphatic carbocycles. The fourth-order valence-electron chi connectivity index (χ4n) is 7.83. The highest BCUT2D eigenvalue weighted by atomic mass is 35.5. The number of ether oxygens (including phenoxy) is 1. The van der Waals surface area contributed by atoms with Crippen LogP contribution < -0.4 is 15.0 Å². The second kappa shape index (κ2) is 9.89. The molecule has 0 amide bonds. The molecule has 0 saturated carbocycles. The first kappa shape index (κ1) is 26.4. The zero-order chi connectivity index (χ0) is 28.6. The number of hydrogen-bond donors (Lipinski definition) is 2. The zero-order valence-electron chi connectivity index (χ0n) is 23.1. The highest BCUT2D eigenvalue weighted by molar-refractivity contribution is 6.35. The molecule has 2 bridgehead atoms. The van der Waals surface area contributed by atoms with Crippen molar-refractivity contribution in [1.82, 2.24) is 20.2 Å². The standard InChI is InChI=1S/C32H32ClF2N5O2/c33-26-12-25-29(28(35)27(26)24-11-22(41)10-18-4-1-2-5-23(18)24)37-31(38-30(25)39-15-20-6-7-21(16-39)36-20)42-17-32-8-3-9-40(32)14-19(34)13-32/h1-2,4-5,10-12,19-21,36,41H,3,6-9,13-17H2/t19-,20?,21?,32+/m0/s1. The third-order valence-corrected chi connectivity index (χ3v) is 10.0. The first-order chi connectivity index (χ1) is 20.4. The van der Waals surface area contributed by atoms with Crippen molar-refractivity contribution in [3.8, 4) is 22.9 Å². The summed E-state index contributed by atoms with van der Waals surface area (Å²) in [5.74, 6) is 0.0216. The van der Waals surface area contributed by atoms with Gasteiger partial charge in [-0.3, -0.25) is 4.90 Å². The molecule has 0 spiro atoms. The summed E-state index contributed by atoms with van der Waals surface area (Å²) in [6.45, 7) is 3.00. The molecular weight excluding hydrogens is 560 g/mol. The number of piperazine rings is 1. The van der Waals surface area contributed by atoms with E-state index in [1.54, 1.807) is 12.1 Å². The summed E-state index contributed by atoms with van der Waals surface area (Å²) >= 11 is 6.86. The van der Waals surface area contributed by atoms with E-state index < -0.39 is 12.0 Å². The number of aromatic nitrogens is 2. The molecular formula is C32H32ClF2N5O2. The van der Waals surface area contributed by atoms with E-state index in [9.17, 15) is 9.50 Å². The number of aromatic hydroxyl groups is 1. The lowest BCUT2D eigenvalue weighted by Gasteiger charge is -2.34. The van der Waals surface area contributed by atoms with Crippen LogP contribution in [0.5, 0.6) is 11.8 Å². The molecule has 4 aromatic rings. The van der Waals surface area contributed by atoms with Crippen LogP contribution in [0.2, 0.25) is 5.02 Å². The van der Waals surface area contributed by atoms with Gasteiger partial charge in [-0.25, -0.2) is 8.78 Å². The third-order valence-electron chi connectivity index (χ3n) is 9.71. The number of phenolic OH excluding ortho intramolecular Hbond substituents is 1. The average molecular weight is 592 g/mol. The van der Waals surface area contributed by atoms with Crippen LogP contribution in [0, 0.1) is 5.82 Å². The van der Waals surface area contributed by atoms with Gasteiger partial charge >= 0.3 is 6.01 Å². The van der Waals surface area contributed by atoms with E-state index in [0.29, 0.717) is 41.8 Å². The van der Waals surface area contributed by atoms with E-state index in [2.05, 4.69) is 20.1 Å². The quantitative estimate of drug-likeness (QED) is 0.302. The topological polar surface area (TPSA) is 73.8 Å². The second-order valence-electron chi connectivity index (χ2n) is 12.4. The molecule has 10 heteroatoms. The van der Waals surface area contributed by atoms with E-state index in [1.807, 2.05) is 24.3 Å². The van der Waals surface area contributed by atoms with Crippen LogP contribution in [0.15, 0.2) is 42.5 Å². The summed E-state index contributed by atoms with van der Waals surface area (Å²) in [5, 5.41) is 16.4. The number of nitrogens with one attached hydrogen (secondary N) is 1. The Bertz CT molecular complexity index is 1710. The molecule has 0 radical (unpaired) electrons. The van der Waals surface area contributed by atoms with E-state index >= 15 is 4.39 Å². The van der Waals surface area contributed by atoms with Gasteiger partial charge in [-0.15, -0.1) is 0 Å². The second-order valence-corrected chi connectivity index (χ2v) is 12.8. The molecule has 4 aliphatic heterocycles. The fourth-order valence-corrected chi connectivity index (χ4v) is 8.13. The Morgan fingerprint density at radius 2 is 1.88 bits per heavy atom. The number of benzene rings is 3. The molecule has 4 saturated heterocycles. The van der Waals surface area contributed by atoms with Crippen LogP contribution in [0.4, 0.5) is 14.6 Å². The van der Waals surface area contributed by atoms with Gasteiger partial charge in [-0.2, -0.15) is 9.97 Å². The number of rotatable bonds is 5. The fraction of sp³-hybridized carbons (Fsp3) is 0.438. The van der Waals surface area contributed by atoms with Crippen LogP contribution in [-0.2, 0) is 0 Å². The van der Waals surface area contributed by atoms with Gasteiger partial charge in [0.1, 0.15) is 29.9 Å². The van der Waals surface area contributed by atoms with Crippen LogP contribution in [0.3, 0.4) is 0 Å². The molecule has 8 rings (SSSR count). The Labute approximate surface area is 247 Å². The minimum atomic E-state index is -0.877. The summed E-state index contributed by atoms with van der Waals surface area (Å²) in [6.07, 6.45) is 3.57. The van der Waals surface area contributed by atoms with E-state index in [-0.39, 0.29) is 40.0 Å². The van der Waals surface area contributed by atoms with Gasteiger partial charge in [0, 0.05) is 49.1 Å². The molecule has 4 aliphatic rings. The van der Waals surface area contributed by atoms with Crippen molar-refractivity contribution in [2.75, 3.05) is 37.7 Å². The SMILES string of the molecule is Oc1cc(-c2c(Cl)cc3c(N4CC5CCC(C4)N5)nc(OC[C@]45CCCN4C[C@@H](F)C5)nc3c2F)c2ccccc2c1. The molecule has 5 heterocycles. The van der Waals surface area contributed by atoms with Gasteiger partial charge in [0.15, 0.2) is 5.82 Å². The number of fused-ring (bicyclic) bond motifs is 5. The van der Waals surface area contributed by atoms with Gasteiger partial charge in [0.25, 0.3) is 0 Å². The monoisotopic (exact) mass is 591 g/mol. The summed E-state index contributed by atoms with van der Waals surface area (Å²) in [4.78, 5) is 13.8. The van der Waals surface area contributed by atoms with Gasteiger partial charge < -0.3 is 20.1 Å². The van der Waals surface area contributed by atoms with Gasteiger partial charge in [-0.1, -0.05) is 35.9 Å². The molecule has 4 atom stereocenters.